The first-order valence-corrected chi connectivity index (χ1v) is 10.0. The lowest BCUT2D eigenvalue weighted by atomic mass is 9.81. The third kappa shape index (κ3) is 3.21. The van der Waals surface area contributed by atoms with Crippen LogP contribution >= 0.6 is 23.4 Å². The van der Waals surface area contributed by atoms with Crippen molar-refractivity contribution in [2.45, 2.75) is 24.8 Å². The number of thioether (sulfide) groups is 1. The number of anilines is 1. The number of amidine groups is 1. The van der Waals surface area contributed by atoms with E-state index in [4.69, 9.17) is 17.3 Å². The molecule has 142 valence electrons. The highest BCUT2D eigenvalue weighted by molar-refractivity contribution is 8.13. The Labute approximate surface area is 165 Å². The first kappa shape index (κ1) is 18.3. The van der Waals surface area contributed by atoms with Crippen LogP contribution in [0.3, 0.4) is 0 Å². The smallest absolute Gasteiger partial charge is 0.277 e. The Kier molecular flexibility index (Phi) is 4.63. The number of rotatable bonds is 3. The van der Waals surface area contributed by atoms with Gasteiger partial charge in [0.1, 0.15) is 5.82 Å². The Hall–Kier alpha value is -2.06. The van der Waals surface area contributed by atoms with Gasteiger partial charge >= 0.3 is 0 Å². The highest BCUT2D eigenvalue weighted by Crippen LogP contribution is 2.51. The maximum atomic E-state index is 14.8. The molecular weight excluding hydrogens is 389 g/mol. The van der Waals surface area contributed by atoms with Crippen molar-refractivity contribution in [1.29, 1.82) is 0 Å². The van der Waals surface area contributed by atoms with Crippen molar-refractivity contribution in [3.05, 3.63) is 46.5 Å². The quantitative estimate of drug-likeness (QED) is 0.815. The van der Waals surface area contributed by atoms with Gasteiger partial charge in [-0.2, -0.15) is 5.10 Å². The number of nitrogens with two attached hydrogens (primary N) is 1. The lowest BCUT2D eigenvalue weighted by Gasteiger charge is -2.36. The summed E-state index contributed by atoms with van der Waals surface area (Å²) < 4.78 is 16.2. The molecule has 2 atom stereocenters. The lowest BCUT2D eigenvalue weighted by Crippen LogP contribution is -2.37. The van der Waals surface area contributed by atoms with Gasteiger partial charge in [-0.3, -0.25) is 14.5 Å². The van der Waals surface area contributed by atoms with Gasteiger partial charge in [0.05, 0.1) is 10.6 Å². The number of hydrogen-bond acceptors (Lipinski definition) is 5. The van der Waals surface area contributed by atoms with Gasteiger partial charge in [0.15, 0.2) is 10.9 Å². The van der Waals surface area contributed by atoms with E-state index in [1.807, 2.05) is 0 Å². The van der Waals surface area contributed by atoms with Crippen molar-refractivity contribution in [3.63, 3.8) is 0 Å². The number of fused-ring (bicyclic) bond motifs is 1. The van der Waals surface area contributed by atoms with Gasteiger partial charge in [-0.15, -0.1) is 0 Å². The molecule has 2 aliphatic rings. The average molecular weight is 408 g/mol. The number of nitrogens with one attached hydrogen (secondary N) is 1. The van der Waals surface area contributed by atoms with E-state index in [2.05, 4.69) is 15.4 Å². The Morgan fingerprint density at radius 1 is 1.52 bits per heavy atom. The SMILES string of the molecule is Cn1cc(Cl)c(C(=O)Nc2ccc(F)c(C34CCCC3CSC(N)=N4)c2)n1. The van der Waals surface area contributed by atoms with Crippen molar-refractivity contribution < 1.29 is 9.18 Å². The summed E-state index contributed by atoms with van der Waals surface area (Å²) in [7, 11) is 1.68. The number of nitrogens with zero attached hydrogens (tertiary/aromatic N) is 3. The lowest BCUT2D eigenvalue weighted by molar-refractivity contribution is 0.102. The van der Waals surface area contributed by atoms with Crippen LogP contribution in [0.2, 0.25) is 5.02 Å². The summed E-state index contributed by atoms with van der Waals surface area (Å²) in [6, 6.07) is 4.55. The number of aryl methyl sites for hydroxylation is 1. The molecule has 1 fully saturated rings. The second-order valence-electron chi connectivity index (χ2n) is 6.92. The standard InChI is InChI=1S/C18H19ClFN5OS/c1-25-8-13(19)15(24-25)16(26)22-11-4-5-14(20)12(7-11)18-6-2-3-10(18)9-27-17(21)23-18/h4-5,7-8,10H,2-3,6,9H2,1H3,(H2,21,23)(H,22,26). The van der Waals surface area contributed by atoms with Crippen LogP contribution in [0.1, 0.15) is 35.3 Å². The first-order valence-electron chi connectivity index (χ1n) is 8.68. The normalized spacial score (nSPS) is 24.4. The first-order chi connectivity index (χ1) is 12.9. The van der Waals surface area contributed by atoms with Gasteiger partial charge < -0.3 is 11.1 Å². The van der Waals surface area contributed by atoms with Gasteiger partial charge in [-0.05, 0) is 37.0 Å². The molecule has 1 aliphatic carbocycles. The van der Waals surface area contributed by atoms with Crippen LogP contribution < -0.4 is 11.1 Å². The zero-order chi connectivity index (χ0) is 19.2. The van der Waals surface area contributed by atoms with Crippen molar-refractivity contribution in [2.24, 2.45) is 23.7 Å². The molecule has 4 rings (SSSR count). The number of halogens is 2. The van der Waals surface area contributed by atoms with Crippen LogP contribution in [-0.4, -0.2) is 26.6 Å². The van der Waals surface area contributed by atoms with Crippen LogP contribution in [0.25, 0.3) is 0 Å². The number of carbonyl (C=O) groups is 1. The van der Waals surface area contributed by atoms with Crippen molar-refractivity contribution in [3.8, 4) is 0 Å². The van der Waals surface area contributed by atoms with Gasteiger partial charge in [-0.25, -0.2) is 4.39 Å². The molecule has 1 aromatic carbocycles. The second-order valence-corrected chi connectivity index (χ2v) is 8.37. The van der Waals surface area contributed by atoms with E-state index in [9.17, 15) is 9.18 Å². The van der Waals surface area contributed by atoms with E-state index in [1.165, 1.54) is 28.6 Å². The van der Waals surface area contributed by atoms with Crippen LogP contribution in [0, 0.1) is 11.7 Å². The number of carbonyl (C=O) groups excluding carboxylic acids is 1. The van der Waals surface area contributed by atoms with Gasteiger partial charge in [0.2, 0.25) is 0 Å². The van der Waals surface area contributed by atoms with E-state index < -0.39 is 11.4 Å². The summed E-state index contributed by atoms with van der Waals surface area (Å²) in [6.45, 7) is 0. The maximum absolute atomic E-state index is 14.8. The number of aliphatic imine (C=N–C) groups is 1. The molecular formula is C18H19ClFN5OS. The van der Waals surface area contributed by atoms with Crippen molar-refractivity contribution in [1.82, 2.24) is 9.78 Å². The van der Waals surface area contributed by atoms with Crippen molar-refractivity contribution >= 4 is 40.1 Å². The summed E-state index contributed by atoms with van der Waals surface area (Å²) in [5.41, 5.74) is 6.41. The summed E-state index contributed by atoms with van der Waals surface area (Å²) in [5.74, 6) is 0.287. The molecule has 0 saturated heterocycles. The molecule has 2 heterocycles. The minimum absolute atomic E-state index is 0.123. The molecule has 2 aromatic rings. The average Bonchev–Trinajstić information content (AvgIpc) is 3.19. The summed E-state index contributed by atoms with van der Waals surface area (Å²) in [5, 5.41) is 7.56. The number of benzene rings is 1. The molecule has 1 saturated carbocycles. The van der Waals surface area contributed by atoms with Crippen LogP contribution in [0.4, 0.5) is 10.1 Å². The maximum Gasteiger partial charge on any atom is 0.277 e. The van der Waals surface area contributed by atoms with Gasteiger partial charge in [-0.1, -0.05) is 29.8 Å². The fourth-order valence-electron chi connectivity index (χ4n) is 4.00. The van der Waals surface area contributed by atoms with Crippen LogP contribution in [-0.2, 0) is 12.6 Å². The fourth-order valence-corrected chi connectivity index (χ4v) is 5.30. The highest BCUT2D eigenvalue weighted by Gasteiger charge is 2.48. The predicted octanol–water partition coefficient (Wildman–Crippen LogP) is 3.52. The monoisotopic (exact) mass is 407 g/mol. The minimum Gasteiger partial charge on any atom is -0.379 e. The summed E-state index contributed by atoms with van der Waals surface area (Å²) in [6.07, 6.45) is 4.26. The van der Waals surface area contributed by atoms with E-state index in [1.54, 1.807) is 19.3 Å². The molecule has 3 N–H and O–H groups in total. The van der Waals surface area contributed by atoms with Gasteiger partial charge in [0.25, 0.3) is 5.91 Å². The minimum atomic E-state index is -0.650. The Morgan fingerprint density at radius 3 is 3.07 bits per heavy atom. The molecule has 27 heavy (non-hydrogen) atoms. The molecule has 1 amide bonds. The topological polar surface area (TPSA) is 85.3 Å². The van der Waals surface area contributed by atoms with E-state index in [-0.39, 0.29) is 22.5 Å². The molecule has 0 spiro atoms. The molecule has 2 unspecified atom stereocenters. The summed E-state index contributed by atoms with van der Waals surface area (Å²) in [4.78, 5) is 17.2. The third-order valence-electron chi connectivity index (χ3n) is 5.22. The molecule has 0 radical (unpaired) electrons. The molecule has 1 aliphatic heterocycles. The van der Waals surface area contributed by atoms with Crippen molar-refractivity contribution in [2.75, 3.05) is 11.1 Å². The number of aromatic nitrogens is 2. The molecule has 0 bridgehead atoms. The van der Waals surface area contributed by atoms with Gasteiger partial charge in [0, 0.05) is 30.2 Å². The molecule has 9 heteroatoms. The summed E-state index contributed by atoms with van der Waals surface area (Å²) >= 11 is 7.55. The van der Waals surface area contributed by atoms with E-state index >= 15 is 0 Å². The van der Waals surface area contributed by atoms with Crippen LogP contribution in [0.5, 0.6) is 0 Å². The van der Waals surface area contributed by atoms with Crippen LogP contribution in [0.15, 0.2) is 29.4 Å². The highest BCUT2D eigenvalue weighted by atomic mass is 35.5. The Bertz CT molecular complexity index is 946. The predicted molar refractivity (Wildman–Crippen MR) is 106 cm³/mol. The number of hydrogen-bond donors (Lipinski definition) is 2. The fraction of sp³-hybridized carbons (Fsp3) is 0.389. The van der Waals surface area contributed by atoms with E-state index in [0.717, 1.165) is 25.0 Å². The Balaban J connectivity index is 1.69. The van der Waals surface area contributed by atoms with E-state index in [0.29, 0.717) is 16.4 Å². The number of amides is 1. The molecule has 1 aromatic heterocycles. The largest absolute Gasteiger partial charge is 0.379 e. The second kappa shape index (κ2) is 6.83. The Morgan fingerprint density at radius 2 is 2.33 bits per heavy atom. The third-order valence-corrected chi connectivity index (χ3v) is 6.45. The zero-order valence-corrected chi connectivity index (χ0v) is 16.3. The zero-order valence-electron chi connectivity index (χ0n) is 14.7. The molecule has 6 nitrogen and oxygen atoms in total.